The first-order valence-electron chi connectivity index (χ1n) is 7.24. The van der Waals surface area contributed by atoms with E-state index in [1.807, 2.05) is 11.8 Å². The summed E-state index contributed by atoms with van der Waals surface area (Å²) in [5.74, 6) is 1.73. The molecule has 106 valence electrons. The Morgan fingerprint density at radius 1 is 1.05 bits per heavy atom. The number of nitrogens with zero attached hydrogens (tertiary/aromatic N) is 1. The molecular weight excluding hydrogens is 262 g/mol. The molecule has 1 nitrogen and oxygen atoms in total. The van der Waals surface area contributed by atoms with Crippen molar-refractivity contribution in [2.24, 2.45) is 7.05 Å². The lowest BCUT2D eigenvalue weighted by atomic mass is 10.0. The highest BCUT2D eigenvalue weighted by Crippen LogP contribution is 2.22. The van der Waals surface area contributed by atoms with Gasteiger partial charge in [-0.25, -0.2) is 4.57 Å². The van der Waals surface area contributed by atoms with E-state index in [4.69, 9.17) is 0 Å². The summed E-state index contributed by atoms with van der Waals surface area (Å²) < 4.78 is 2.23. The van der Waals surface area contributed by atoms with Gasteiger partial charge in [0.1, 0.15) is 7.05 Å². The molecule has 0 spiro atoms. The van der Waals surface area contributed by atoms with Gasteiger partial charge in [0.15, 0.2) is 11.9 Å². The second-order valence-corrected chi connectivity index (χ2v) is 6.80. The zero-order valence-corrected chi connectivity index (χ0v) is 13.7. The van der Waals surface area contributed by atoms with Crippen molar-refractivity contribution < 1.29 is 4.57 Å². The first-order valence-corrected chi connectivity index (χ1v) is 8.23. The molecule has 0 N–H and O–H groups in total. The molecule has 2 heteroatoms. The van der Waals surface area contributed by atoms with Gasteiger partial charge in [-0.1, -0.05) is 26.0 Å². The fourth-order valence-electron chi connectivity index (χ4n) is 2.26. The van der Waals surface area contributed by atoms with Crippen LogP contribution in [0.5, 0.6) is 0 Å². The van der Waals surface area contributed by atoms with Gasteiger partial charge in [-0.05, 0) is 36.6 Å². The molecular formula is C18H24NS+. The van der Waals surface area contributed by atoms with E-state index in [0.29, 0.717) is 5.92 Å². The lowest BCUT2D eigenvalue weighted by Crippen LogP contribution is -2.33. The molecule has 0 amide bonds. The first kappa shape index (κ1) is 15.1. The third-order valence-corrected chi connectivity index (χ3v) is 4.58. The van der Waals surface area contributed by atoms with Crippen LogP contribution in [0.1, 0.15) is 36.6 Å². The Balaban J connectivity index is 1.89. The molecule has 0 atom stereocenters. The summed E-state index contributed by atoms with van der Waals surface area (Å²) in [6, 6.07) is 13.4. The standard InChI is InChI=1S/C18H24NS/c1-14(2)16-6-9-18(10-7-16)20-12-11-17-8-5-15(3)13-19(17)4/h5-10,13-14H,11-12H2,1-4H3/q+1. The molecule has 1 heterocycles. The van der Waals surface area contributed by atoms with Crippen LogP contribution in [0.3, 0.4) is 0 Å². The van der Waals surface area contributed by atoms with Crippen molar-refractivity contribution in [1.29, 1.82) is 0 Å². The minimum absolute atomic E-state index is 0.612. The van der Waals surface area contributed by atoms with Crippen molar-refractivity contribution >= 4 is 11.8 Å². The van der Waals surface area contributed by atoms with Gasteiger partial charge in [0.05, 0.1) is 0 Å². The second-order valence-electron chi connectivity index (χ2n) is 5.63. The van der Waals surface area contributed by atoms with Crippen LogP contribution in [0.15, 0.2) is 47.5 Å². The van der Waals surface area contributed by atoms with E-state index < -0.39 is 0 Å². The Labute approximate surface area is 127 Å². The van der Waals surface area contributed by atoms with Gasteiger partial charge >= 0.3 is 0 Å². The van der Waals surface area contributed by atoms with Crippen LogP contribution in [0.25, 0.3) is 0 Å². The largest absolute Gasteiger partial charge is 0.205 e. The van der Waals surface area contributed by atoms with Crippen LogP contribution in [-0.2, 0) is 13.5 Å². The Hall–Kier alpha value is -1.28. The van der Waals surface area contributed by atoms with Crippen molar-refractivity contribution in [3.05, 3.63) is 59.4 Å². The van der Waals surface area contributed by atoms with Crippen molar-refractivity contribution in [2.45, 2.75) is 38.0 Å². The zero-order chi connectivity index (χ0) is 14.5. The van der Waals surface area contributed by atoms with E-state index in [-0.39, 0.29) is 0 Å². The van der Waals surface area contributed by atoms with Crippen LogP contribution < -0.4 is 4.57 Å². The van der Waals surface area contributed by atoms with Crippen LogP contribution in [0.4, 0.5) is 0 Å². The topological polar surface area (TPSA) is 3.88 Å². The van der Waals surface area contributed by atoms with E-state index in [2.05, 4.69) is 75.0 Å². The van der Waals surface area contributed by atoms with Crippen LogP contribution in [0, 0.1) is 6.92 Å². The highest BCUT2D eigenvalue weighted by molar-refractivity contribution is 7.99. The fourth-order valence-corrected chi connectivity index (χ4v) is 3.13. The zero-order valence-electron chi connectivity index (χ0n) is 12.9. The molecule has 2 rings (SSSR count). The average Bonchev–Trinajstić information content (AvgIpc) is 2.42. The number of thioether (sulfide) groups is 1. The number of pyridine rings is 1. The molecule has 0 aliphatic rings. The normalized spacial score (nSPS) is 11.1. The maximum Gasteiger partial charge on any atom is 0.181 e. The fraction of sp³-hybridized carbons (Fsp3) is 0.389. The van der Waals surface area contributed by atoms with E-state index in [9.17, 15) is 0 Å². The number of aromatic nitrogens is 1. The summed E-state index contributed by atoms with van der Waals surface area (Å²) in [5, 5.41) is 0. The number of hydrogen-bond donors (Lipinski definition) is 0. The number of benzene rings is 1. The average molecular weight is 286 g/mol. The minimum Gasteiger partial charge on any atom is -0.205 e. The Kier molecular flexibility index (Phi) is 5.24. The molecule has 1 aromatic carbocycles. The molecule has 0 fully saturated rings. The number of hydrogen-bond acceptors (Lipinski definition) is 1. The van der Waals surface area contributed by atoms with Crippen molar-refractivity contribution in [3.63, 3.8) is 0 Å². The van der Waals surface area contributed by atoms with Crippen LogP contribution in [0.2, 0.25) is 0 Å². The van der Waals surface area contributed by atoms with Crippen molar-refractivity contribution in [2.75, 3.05) is 5.75 Å². The van der Waals surface area contributed by atoms with Gasteiger partial charge in [0.2, 0.25) is 0 Å². The van der Waals surface area contributed by atoms with Crippen molar-refractivity contribution in [1.82, 2.24) is 0 Å². The molecule has 0 aliphatic heterocycles. The smallest absolute Gasteiger partial charge is 0.181 e. The second kappa shape index (κ2) is 6.94. The van der Waals surface area contributed by atoms with Gasteiger partial charge in [-0.15, -0.1) is 11.8 Å². The monoisotopic (exact) mass is 286 g/mol. The summed E-state index contributed by atoms with van der Waals surface area (Å²) in [5.41, 5.74) is 4.12. The van der Waals surface area contributed by atoms with Crippen LogP contribution >= 0.6 is 11.8 Å². The molecule has 0 radical (unpaired) electrons. The summed E-state index contributed by atoms with van der Waals surface area (Å²) in [6.45, 7) is 6.61. The maximum atomic E-state index is 2.25. The molecule has 0 bridgehead atoms. The minimum atomic E-state index is 0.612. The molecule has 0 unspecified atom stereocenters. The summed E-state index contributed by atoms with van der Waals surface area (Å²) in [7, 11) is 2.13. The van der Waals surface area contributed by atoms with E-state index in [1.54, 1.807) is 0 Å². The molecule has 0 aliphatic carbocycles. The van der Waals surface area contributed by atoms with Crippen molar-refractivity contribution in [3.8, 4) is 0 Å². The van der Waals surface area contributed by atoms with Gasteiger partial charge in [-0.2, -0.15) is 0 Å². The third kappa shape index (κ3) is 4.11. The first-order chi connectivity index (χ1) is 9.56. The Morgan fingerprint density at radius 2 is 1.75 bits per heavy atom. The summed E-state index contributed by atoms with van der Waals surface area (Å²) in [6.07, 6.45) is 3.30. The lowest BCUT2D eigenvalue weighted by molar-refractivity contribution is -0.679. The SMILES string of the molecule is Cc1ccc(CCSc2ccc(C(C)C)cc2)[n+](C)c1. The molecule has 20 heavy (non-hydrogen) atoms. The molecule has 0 saturated heterocycles. The number of aryl methyl sites for hydroxylation is 3. The van der Waals surface area contributed by atoms with E-state index >= 15 is 0 Å². The quantitative estimate of drug-likeness (QED) is 0.586. The summed E-state index contributed by atoms with van der Waals surface area (Å²) >= 11 is 1.94. The Bertz CT molecular complexity index is 558. The van der Waals surface area contributed by atoms with E-state index in [0.717, 1.165) is 12.2 Å². The maximum absolute atomic E-state index is 2.25. The molecule has 2 aromatic rings. The highest BCUT2D eigenvalue weighted by atomic mass is 32.2. The van der Waals surface area contributed by atoms with Gasteiger partial charge in [-0.3, -0.25) is 0 Å². The van der Waals surface area contributed by atoms with Gasteiger partial charge < -0.3 is 0 Å². The number of rotatable bonds is 5. The highest BCUT2D eigenvalue weighted by Gasteiger charge is 2.06. The third-order valence-electron chi connectivity index (χ3n) is 3.56. The predicted octanol–water partition coefficient (Wildman–Crippen LogP) is 4.28. The van der Waals surface area contributed by atoms with Gasteiger partial charge in [0, 0.05) is 28.7 Å². The Morgan fingerprint density at radius 3 is 2.35 bits per heavy atom. The van der Waals surface area contributed by atoms with Crippen LogP contribution in [-0.4, -0.2) is 5.75 Å². The molecule has 0 saturated carbocycles. The van der Waals surface area contributed by atoms with E-state index in [1.165, 1.54) is 21.7 Å². The lowest BCUT2D eigenvalue weighted by Gasteiger charge is -2.06. The summed E-state index contributed by atoms with van der Waals surface area (Å²) in [4.78, 5) is 1.36. The van der Waals surface area contributed by atoms with Gasteiger partial charge in [0.25, 0.3) is 0 Å². The molecule has 1 aromatic heterocycles. The predicted molar refractivity (Wildman–Crippen MR) is 87.3 cm³/mol.